The molecule has 0 radical (unpaired) electrons. The molecule has 0 aromatic heterocycles. The number of allylic oxidation sites excluding steroid dienone is 2. The quantitative estimate of drug-likeness (QED) is 0.490. The molecule has 5 aliphatic rings. The molecular formula is C30H47O3-. The highest BCUT2D eigenvalue weighted by Crippen LogP contribution is 2.75. The van der Waals surface area contributed by atoms with Crippen molar-refractivity contribution in [3.8, 4) is 0 Å². The van der Waals surface area contributed by atoms with E-state index in [0.29, 0.717) is 11.8 Å². The predicted octanol–water partition coefficient (Wildman–Crippen LogP) is 6.04. The van der Waals surface area contributed by atoms with Crippen LogP contribution in [0.3, 0.4) is 0 Å². The van der Waals surface area contributed by atoms with Gasteiger partial charge in [-0.25, -0.2) is 0 Å². The van der Waals surface area contributed by atoms with E-state index in [1.54, 1.807) is 11.1 Å². The van der Waals surface area contributed by atoms with Gasteiger partial charge < -0.3 is 15.0 Å². The second-order valence-electron chi connectivity index (χ2n) is 14.9. The van der Waals surface area contributed by atoms with Gasteiger partial charge in [-0.05, 0) is 110 Å². The maximum absolute atomic E-state index is 12.2. The number of rotatable bonds is 1. The minimum Gasteiger partial charge on any atom is -0.550 e. The fourth-order valence-electron chi connectivity index (χ4n) is 10.5. The van der Waals surface area contributed by atoms with E-state index in [-0.39, 0.29) is 33.2 Å². The van der Waals surface area contributed by atoms with E-state index in [0.717, 1.165) is 38.5 Å². The molecule has 1 N–H and O–H groups in total. The second-order valence-corrected chi connectivity index (χ2v) is 14.9. The van der Waals surface area contributed by atoms with Gasteiger partial charge in [-0.15, -0.1) is 0 Å². The van der Waals surface area contributed by atoms with E-state index >= 15 is 0 Å². The first-order chi connectivity index (χ1) is 15.1. The summed E-state index contributed by atoms with van der Waals surface area (Å²) in [5.41, 5.74) is 3.51. The Morgan fingerprint density at radius 1 is 0.818 bits per heavy atom. The van der Waals surface area contributed by atoms with Crippen molar-refractivity contribution in [2.24, 2.45) is 44.3 Å². The summed E-state index contributed by atoms with van der Waals surface area (Å²) in [6.07, 6.45) is 11.5. The summed E-state index contributed by atoms with van der Waals surface area (Å²) in [7, 11) is 0. The minimum atomic E-state index is -0.841. The first-order valence-electron chi connectivity index (χ1n) is 13.8. The zero-order valence-corrected chi connectivity index (χ0v) is 22.3. The van der Waals surface area contributed by atoms with Gasteiger partial charge in [-0.3, -0.25) is 0 Å². The second kappa shape index (κ2) is 6.89. The summed E-state index contributed by atoms with van der Waals surface area (Å²) in [5.74, 6) is 0.141. The van der Waals surface area contributed by atoms with Crippen molar-refractivity contribution in [2.75, 3.05) is 0 Å². The lowest BCUT2D eigenvalue weighted by Gasteiger charge is -2.69. The van der Waals surface area contributed by atoms with Gasteiger partial charge in [-0.1, -0.05) is 59.6 Å². The van der Waals surface area contributed by atoms with Crippen molar-refractivity contribution < 1.29 is 15.0 Å². The molecule has 3 heteroatoms. The number of carboxylic acids is 1. The zero-order chi connectivity index (χ0) is 24.2. The number of aliphatic hydroxyl groups excluding tert-OH is 1. The standard InChI is InChI=1S/C30H48O3/c1-25(2)21-9-8-20-19(28(21,5)12-11-23(25)31)10-13-30(7)22-18-27(4,24(32)33)15-14-26(22,3)16-17-29(20,30)6/h21-23,31H,8-18H2,1-7H3,(H,32,33)/p-1/t21-,22+,23-,26+,27-,28+,29+,30-/m0/s1. The van der Waals surface area contributed by atoms with Gasteiger partial charge in [0.1, 0.15) is 0 Å². The van der Waals surface area contributed by atoms with Crippen LogP contribution in [0.1, 0.15) is 119 Å². The topological polar surface area (TPSA) is 60.4 Å². The van der Waals surface area contributed by atoms with Gasteiger partial charge in [0.2, 0.25) is 0 Å². The molecule has 3 fully saturated rings. The number of hydrogen-bond acceptors (Lipinski definition) is 3. The molecule has 0 aliphatic heterocycles. The van der Waals surface area contributed by atoms with Crippen molar-refractivity contribution in [3.05, 3.63) is 11.1 Å². The lowest BCUT2D eigenvalue weighted by molar-refractivity contribution is -0.323. The third-order valence-corrected chi connectivity index (χ3v) is 13.2. The first-order valence-corrected chi connectivity index (χ1v) is 13.8. The molecule has 0 aromatic rings. The molecule has 5 rings (SSSR count). The Morgan fingerprint density at radius 2 is 1.48 bits per heavy atom. The molecule has 0 spiro atoms. The summed E-state index contributed by atoms with van der Waals surface area (Å²) in [5, 5.41) is 23.0. The van der Waals surface area contributed by atoms with Crippen molar-refractivity contribution in [2.45, 2.75) is 125 Å². The smallest absolute Gasteiger partial charge is 0.0594 e. The fraction of sp³-hybridized carbons (Fsp3) is 0.900. The molecule has 0 amide bonds. The fourth-order valence-corrected chi connectivity index (χ4v) is 10.5. The Hall–Kier alpha value is -0.830. The van der Waals surface area contributed by atoms with Crippen LogP contribution in [-0.2, 0) is 4.79 Å². The van der Waals surface area contributed by atoms with E-state index < -0.39 is 11.4 Å². The van der Waals surface area contributed by atoms with Crippen LogP contribution in [0.15, 0.2) is 11.1 Å². The zero-order valence-electron chi connectivity index (χ0n) is 22.3. The summed E-state index contributed by atoms with van der Waals surface area (Å²) in [6.45, 7) is 16.6. The number of carboxylic acid groups (broad SMARTS) is 1. The Balaban J connectivity index is 1.59. The van der Waals surface area contributed by atoms with Crippen molar-refractivity contribution >= 4 is 5.97 Å². The van der Waals surface area contributed by atoms with Gasteiger partial charge in [-0.2, -0.15) is 0 Å². The Bertz CT molecular complexity index is 902. The molecule has 0 aromatic carbocycles. The molecule has 0 saturated heterocycles. The van der Waals surface area contributed by atoms with Crippen molar-refractivity contribution in [1.82, 2.24) is 0 Å². The maximum Gasteiger partial charge on any atom is 0.0594 e. The Kier molecular flexibility index (Phi) is 4.99. The molecule has 186 valence electrons. The maximum atomic E-state index is 12.2. The van der Waals surface area contributed by atoms with Gasteiger partial charge in [0, 0.05) is 11.4 Å². The number of aliphatic hydroxyl groups is 1. The molecule has 8 atom stereocenters. The molecule has 0 unspecified atom stereocenters. The highest BCUT2D eigenvalue weighted by atomic mass is 16.4. The summed E-state index contributed by atoms with van der Waals surface area (Å²) >= 11 is 0. The SMILES string of the molecule is CC1(C)[C@@H](O)CC[C@]2(C)C3=C(CC[C@@H]12)[C@@]1(C)CC[C@@]2(C)CC[C@](C)(C(=O)[O-])C[C@H]2[C@]1(C)CC3. The third-order valence-electron chi connectivity index (χ3n) is 13.2. The van der Waals surface area contributed by atoms with E-state index in [1.807, 2.05) is 6.92 Å². The summed E-state index contributed by atoms with van der Waals surface area (Å²) in [6, 6.07) is 0. The largest absolute Gasteiger partial charge is 0.550 e. The average Bonchev–Trinajstić information content (AvgIpc) is 2.74. The number of hydrogen-bond donors (Lipinski definition) is 1. The van der Waals surface area contributed by atoms with Gasteiger partial charge >= 0.3 is 0 Å². The van der Waals surface area contributed by atoms with Crippen LogP contribution < -0.4 is 5.11 Å². The average molecular weight is 456 g/mol. The highest BCUT2D eigenvalue weighted by Gasteiger charge is 2.66. The monoisotopic (exact) mass is 455 g/mol. The lowest BCUT2D eigenvalue weighted by atomic mass is 9.35. The number of fused-ring (bicyclic) bond motifs is 6. The Morgan fingerprint density at radius 3 is 2.15 bits per heavy atom. The highest BCUT2D eigenvalue weighted by molar-refractivity contribution is 5.72. The van der Waals surface area contributed by atoms with Crippen LogP contribution >= 0.6 is 0 Å². The van der Waals surface area contributed by atoms with E-state index in [2.05, 4.69) is 41.5 Å². The molecule has 0 bridgehead atoms. The van der Waals surface area contributed by atoms with Crippen LogP contribution in [0, 0.1) is 44.3 Å². The van der Waals surface area contributed by atoms with E-state index in [1.165, 1.54) is 32.1 Å². The Labute approximate surface area is 201 Å². The number of carbonyl (C=O) groups excluding carboxylic acids is 1. The van der Waals surface area contributed by atoms with E-state index in [9.17, 15) is 15.0 Å². The van der Waals surface area contributed by atoms with Crippen LogP contribution in [0.4, 0.5) is 0 Å². The normalized spacial score (nSPS) is 53.4. The van der Waals surface area contributed by atoms with Crippen molar-refractivity contribution in [1.29, 1.82) is 0 Å². The third kappa shape index (κ3) is 2.87. The molecule has 3 nitrogen and oxygen atoms in total. The van der Waals surface area contributed by atoms with Crippen LogP contribution in [-0.4, -0.2) is 17.2 Å². The molecular weight excluding hydrogens is 408 g/mol. The molecule has 0 heterocycles. The van der Waals surface area contributed by atoms with E-state index in [4.69, 9.17) is 0 Å². The molecule has 3 saturated carbocycles. The van der Waals surface area contributed by atoms with Gasteiger partial charge in [0.05, 0.1) is 6.10 Å². The van der Waals surface area contributed by atoms with Crippen LogP contribution in [0.25, 0.3) is 0 Å². The minimum absolute atomic E-state index is 0.0298. The molecule has 33 heavy (non-hydrogen) atoms. The van der Waals surface area contributed by atoms with Crippen LogP contribution in [0.2, 0.25) is 0 Å². The van der Waals surface area contributed by atoms with Crippen LogP contribution in [0.5, 0.6) is 0 Å². The van der Waals surface area contributed by atoms with Crippen molar-refractivity contribution in [3.63, 3.8) is 0 Å². The number of aliphatic carboxylic acids is 1. The first kappa shape index (κ1) is 23.9. The summed E-state index contributed by atoms with van der Waals surface area (Å²) in [4.78, 5) is 12.2. The predicted molar refractivity (Wildman–Crippen MR) is 130 cm³/mol. The van der Waals surface area contributed by atoms with Gasteiger partial charge in [0.25, 0.3) is 0 Å². The molecule has 5 aliphatic carbocycles. The lowest BCUT2D eigenvalue weighted by Crippen LogP contribution is -2.62. The summed E-state index contributed by atoms with van der Waals surface area (Å²) < 4.78 is 0. The van der Waals surface area contributed by atoms with Gasteiger partial charge in [0.15, 0.2) is 0 Å². The number of carbonyl (C=O) groups is 1.